The van der Waals surface area contributed by atoms with E-state index in [4.69, 9.17) is 4.74 Å². The second-order valence-corrected chi connectivity index (χ2v) is 5.61. The summed E-state index contributed by atoms with van der Waals surface area (Å²) < 4.78 is 6.44. The molecular weight excluding hydrogens is 314 g/mol. The fourth-order valence-electron chi connectivity index (χ4n) is 2.33. The van der Waals surface area contributed by atoms with Gasteiger partial charge in [0.25, 0.3) is 0 Å². The highest BCUT2D eigenvalue weighted by atomic mass is 79.9. The van der Waals surface area contributed by atoms with Crippen LogP contribution in [-0.4, -0.2) is 14.2 Å². The van der Waals surface area contributed by atoms with E-state index in [0.717, 1.165) is 23.1 Å². The third-order valence-electron chi connectivity index (χ3n) is 3.49. The normalized spacial score (nSPS) is 12.2. The Hall–Kier alpha value is -1.32. The second kappa shape index (κ2) is 7.46. The molecule has 0 saturated carbocycles. The van der Waals surface area contributed by atoms with Gasteiger partial charge in [0, 0.05) is 10.5 Å². The number of ether oxygens (including phenoxy) is 1. The molecule has 2 aromatic rings. The van der Waals surface area contributed by atoms with E-state index in [-0.39, 0.29) is 0 Å². The van der Waals surface area contributed by atoms with Crippen molar-refractivity contribution in [3.8, 4) is 5.75 Å². The molecule has 1 N–H and O–H groups in total. The maximum Gasteiger partial charge on any atom is 0.119 e. The van der Waals surface area contributed by atoms with Gasteiger partial charge in [-0.15, -0.1) is 0 Å². The first-order chi connectivity index (χ1) is 9.74. The standard InChI is InChI=1S/C17H20BrNO/c1-19-17(11-8-13-6-4-3-5-7-13)15-12-14(20-2)9-10-16(15)18/h3-7,9-10,12,17,19H,8,11H2,1-2H3. The SMILES string of the molecule is CNC(CCc1ccccc1)c1cc(OC)ccc1Br. The summed E-state index contributed by atoms with van der Waals surface area (Å²) >= 11 is 3.63. The Morgan fingerprint density at radius 2 is 1.90 bits per heavy atom. The summed E-state index contributed by atoms with van der Waals surface area (Å²) in [5, 5.41) is 3.40. The summed E-state index contributed by atoms with van der Waals surface area (Å²) in [5.74, 6) is 0.892. The summed E-state index contributed by atoms with van der Waals surface area (Å²) in [5.41, 5.74) is 2.61. The largest absolute Gasteiger partial charge is 0.497 e. The Kier molecular flexibility index (Phi) is 5.62. The van der Waals surface area contributed by atoms with Gasteiger partial charge in [-0.1, -0.05) is 46.3 Å². The third-order valence-corrected chi connectivity index (χ3v) is 4.21. The first-order valence-corrected chi connectivity index (χ1v) is 7.58. The molecule has 3 heteroatoms. The van der Waals surface area contributed by atoms with Gasteiger partial charge in [0.05, 0.1) is 7.11 Å². The molecule has 1 unspecified atom stereocenters. The van der Waals surface area contributed by atoms with Crippen LogP contribution in [0.25, 0.3) is 0 Å². The topological polar surface area (TPSA) is 21.3 Å². The minimum Gasteiger partial charge on any atom is -0.497 e. The van der Waals surface area contributed by atoms with E-state index < -0.39 is 0 Å². The lowest BCUT2D eigenvalue weighted by molar-refractivity contribution is 0.412. The van der Waals surface area contributed by atoms with Gasteiger partial charge in [0.15, 0.2) is 0 Å². The highest BCUT2D eigenvalue weighted by molar-refractivity contribution is 9.10. The van der Waals surface area contributed by atoms with Crippen molar-refractivity contribution in [1.29, 1.82) is 0 Å². The van der Waals surface area contributed by atoms with E-state index in [0.29, 0.717) is 6.04 Å². The fraction of sp³-hybridized carbons (Fsp3) is 0.294. The van der Waals surface area contributed by atoms with Gasteiger partial charge in [-0.3, -0.25) is 0 Å². The molecule has 0 amide bonds. The number of hydrogen-bond donors (Lipinski definition) is 1. The van der Waals surface area contributed by atoms with Gasteiger partial charge < -0.3 is 10.1 Å². The molecule has 0 fully saturated rings. The smallest absolute Gasteiger partial charge is 0.119 e. The van der Waals surface area contributed by atoms with Crippen molar-refractivity contribution in [2.45, 2.75) is 18.9 Å². The van der Waals surface area contributed by atoms with E-state index in [1.165, 1.54) is 11.1 Å². The summed E-state index contributed by atoms with van der Waals surface area (Å²) in [6, 6.07) is 17.0. The van der Waals surface area contributed by atoms with Crippen LogP contribution >= 0.6 is 15.9 Å². The molecule has 0 aliphatic carbocycles. The molecule has 0 spiro atoms. The van der Waals surface area contributed by atoms with Crippen molar-refractivity contribution in [1.82, 2.24) is 5.32 Å². The van der Waals surface area contributed by atoms with Gasteiger partial charge in [-0.25, -0.2) is 0 Å². The van der Waals surface area contributed by atoms with E-state index in [1.807, 2.05) is 19.2 Å². The van der Waals surface area contributed by atoms with Gasteiger partial charge in [0.2, 0.25) is 0 Å². The molecular formula is C17H20BrNO. The van der Waals surface area contributed by atoms with Crippen molar-refractivity contribution in [3.05, 3.63) is 64.1 Å². The van der Waals surface area contributed by atoms with Crippen LogP contribution < -0.4 is 10.1 Å². The Bertz CT molecular complexity index is 542. The Morgan fingerprint density at radius 1 is 1.15 bits per heavy atom. The fourth-order valence-corrected chi connectivity index (χ4v) is 2.85. The van der Waals surface area contributed by atoms with Gasteiger partial charge in [0.1, 0.15) is 5.75 Å². The Labute approximate surface area is 129 Å². The predicted octanol–water partition coefficient (Wildman–Crippen LogP) is 4.35. The van der Waals surface area contributed by atoms with Crippen molar-refractivity contribution in [3.63, 3.8) is 0 Å². The van der Waals surface area contributed by atoms with E-state index in [1.54, 1.807) is 7.11 Å². The lowest BCUT2D eigenvalue weighted by Crippen LogP contribution is -2.17. The second-order valence-electron chi connectivity index (χ2n) is 4.75. The molecule has 2 rings (SSSR count). The molecule has 0 bridgehead atoms. The number of benzene rings is 2. The molecule has 0 aromatic heterocycles. The van der Waals surface area contributed by atoms with Crippen LogP contribution in [0.1, 0.15) is 23.6 Å². The van der Waals surface area contributed by atoms with Crippen LogP contribution in [0.3, 0.4) is 0 Å². The Morgan fingerprint density at radius 3 is 2.55 bits per heavy atom. The first kappa shape index (κ1) is 15.1. The predicted molar refractivity (Wildman–Crippen MR) is 87.3 cm³/mol. The average Bonchev–Trinajstić information content (AvgIpc) is 2.50. The van der Waals surface area contributed by atoms with E-state index >= 15 is 0 Å². The molecule has 2 nitrogen and oxygen atoms in total. The van der Waals surface area contributed by atoms with Crippen LogP contribution in [0, 0.1) is 0 Å². The Balaban J connectivity index is 2.12. The van der Waals surface area contributed by atoms with Crippen molar-refractivity contribution in [2.75, 3.05) is 14.2 Å². The number of nitrogens with one attached hydrogen (secondary N) is 1. The summed E-state index contributed by atoms with van der Waals surface area (Å²) in [7, 11) is 3.70. The highest BCUT2D eigenvalue weighted by Gasteiger charge is 2.13. The van der Waals surface area contributed by atoms with Crippen molar-refractivity contribution >= 4 is 15.9 Å². The molecule has 20 heavy (non-hydrogen) atoms. The quantitative estimate of drug-likeness (QED) is 0.848. The maximum absolute atomic E-state index is 5.32. The lowest BCUT2D eigenvalue weighted by atomic mass is 9.99. The molecule has 0 aliphatic heterocycles. The summed E-state index contributed by atoms with van der Waals surface area (Å²) in [4.78, 5) is 0. The summed E-state index contributed by atoms with van der Waals surface area (Å²) in [6.07, 6.45) is 2.10. The third kappa shape index (κ3) is 3.84. The van der Waals surface area contributed by atoms with E-state index in [9.17, 15) is 0 Å². The minimum absolute atomic E-state index is 0.305. The molecule has 106 valence electrons. The highest BCUT2D eigenvalue weighted by Crippen LogP contribution is 2.30. The van der Waals surface area contributed by atoms with Crippen LogP contribution in [0.15, 0.2) is 53.0 Å². The van der Waals surface area contributed by atoms with E-state index in [2.05, 4.69) is 57.6 Å². The monoisotopic (exact) mass is 333 g/mol. The number of hydrogen-bond acceptors (Lipinski definition) is 2. The molecule has 0 aliphatic rings. The van der Waals surface area contributed by atoms with Crippen LogP contribution in [0.5, 0.6) is 5.75 Å². The molecule has 0 heterocycles. The van der Waals surface area contributed by atoms with Crippen LogP contribution in [0.4, 0.5) is 0 Å². The molecule has 1 atom stereocenters. The zero-order valence-corrected chi connectivity index (χ0v) is 13.5. The van der Waals surface area contributed by atoms with Crippen LogP contribution in [-0.2, 0) is 6.42 Å². The number of aryl methyl sites for hydroxylation is 1. The number of methoxy groups -OCH3 is 1. The number of rotatable bonds is 6. The minimum atomic E-state index is 0.305. The molecule has 0 saturated heterocycles. The number of halogens is 1. The average molecular weight is 334 g/mol. The van der Waals surface area contributed by atoms with Gasteiger partial charge in [-0.05, 0) is 49.2 Å². The zero-order chi connectivity index (χ0) is 14.4. The summed E-state index contributed by atoms with van der Waals surface area (Å²) in [6.45, 7) is 0. The first-order valence-electron chi connectivity index (χ1n) is 6.79. The van der Waals surface area contributed by atoms with Gasteiger partial charge in [-0.2, -0.15) is 0 Å². The van der Waals surface area contributed by atoms with Crippen LogP contribution in [0.2, 0.25) is 0 Å². The molecule has 2 aromatic carbocycles. The lowest BCUT2D eigenvalue weighted by Gasteiger charge is -2.19. The zero-order valence-electron chi connectivity index (χ0n) is 11.9. The van der Waals surface area contributed by atoms with Crippen molar-refractivity contribution in [2.24, 2.45) is 0 Å². The van der Waals surface area contributed by atoms with Crippen molar-refractivity contribution < 1.29 is 4.74 Å². The van der Waals surface area contributed by atoms with Gasteiger partial charge >= 0.3 is 0 Å². The maximum atomic E-state index is 5.32. The molecule has 0 radical (unpaired) electrons.